The van der Waals surface area contributed by atoms with Gasteiger partial charge < -0.3 is 5.11 Å². The van der Waals surface area contributed by atoms with Crippen LogP contribution in [-0.2, 0) is 24.5 Å². The van der Waals surface area contributed by atoms with Crippen molar-refractivity contribution in [2.75, 3.05) is 12.0 Å². The molecule has 9 heteroatoms. The number of sulfone groups is 2. The molecule has 0 aromatic carbocycles. The number of carboxylic acids is 1. The van der Waals surface area contributed by atoms with E-state index in [0.29, 0.717) is 6.20 Å². The van der Waals surface area contributed by atoms with E-state index in [4.69, 9.17) is 5.11 Å². The highest BCUT2D eigenvalue weighted by atomic mass is 32.2. The zero-order valence-corrected chi connectivity index (χ0v) is 9.17. The van der Waals surface area contributed by atoms with E-state index in [-0.39, 0.29) is 0 Å². The van der Waals surface area contributed by atoms with Crippen molar-refractivity contribution in [1.82, 2.24) is 0 Å². The third-order valence-corrected chi connectivity index (χ3v) is 4.23. The topological polar surface area (TPSA) is 118 Å². The number of aliphatic imine (C=N–C) groups is 1. The molecule has 15 heavy (non-hydrogen) atoms. The largest absolute Gasteiger partial charge is 0.477 e. The van der Waals surface area contributed by atoms with Crippen molar-refractivity contribution in [2.24, 2.45) is 4.99 Å². The Labute approximate surface area is 86.0 Å². The summed E-state index contributed by atoms with van der Waals surface area (Å²) < 4.78 is 44.4. The summed E-state index contributed by atoms with van der Waals surface area (Å²) in [6.07, 6.45) is 1.47. The fourth-order valence-electron chi connectivity index (χ4n) is 0.906. The van der Waals surface area contributed by atoms with E-state index in [1.807, 2.05) is 0 Å². The zero-order valence-electron chi connectivity index (χ0n) is 7.54. The van der Waals surface area contributed by atoms with Crippen LogP contribution in [0.1, 0.15) is 0 Å². The molecule has 0 saturated heterocycles. The Morgan fingerprint density at radius 1 is 1.53 bits per heavy atom. The Kier molecular flexibility index (Phi) is 2.70. The molecule has 0 aromatic rings. The zero-order chi connectivity index (χ0) is 11.9. The summed E-state index contributed by atoms with van der Waals surface area (Å²) in [5, 5.41) is 7.84. The van der Waals surface area contributed by atoms with Crippen LogP contribution in [-0.4, -0.2) is 45.0 Å². The summed E-state index contributed by atoms with van der Waals surface area (Å²) >= 11 is 0. The molecule has 1 aliphatic rings. The molecule has 0 aliphatic carbocycles. The molecule has 0 radical (unpaired) electrons. The van der Waals surface area contributed by atoms with E-state index < -0.39 is 41.3 Å². The fraction of sp³-hybridized carbons (Fsp3) is 0.333. The number of aliphatic carboxylic acids is 1. The highest BCUT2D eigenvalue weighted by Gasteiger charge is 2.35. The molecule has 0 fully saturated rings. The summed E-state index contributed by atoms with van der Waals surface area (Å²) in [5.74, 6) is -2.44. The molecule has 0 saturated carbocycles. The van der Waals surface area contributed by atoms with Gasteiger partial charge in [0.15, 0.2) is 19.8 Å². The van der Waals surface area contributed by atoms with Crippen molar-refractivity contribution in [3.8, 4) is 0 Å². The molecule has 0 aromatic heterocycles. The molecule has 0 bridgehead atoms. The van der Waals surface area contributed by atoms with Crippen LogP contribution >= 0.6 is 0 Å². The Bertz CT molecular complexity index is 565. The highest BCUT2D eigenvalue weighted by Crippen LogP contribution is 2.18. The second-order valence-corrected chi connectivity index (χ2v) is 6.95. The van der Waals surface area contributed by atoms with Crippen molar-refractivity contribution in [2.45, 2.75) is 0 Å². The quantitative estimate of drug-likeness (QED) is 0.673. The molecule has 0 spiro atoms. The molecule has 1 heterocycles. The van der Waals surface area contributed by atoms with E-state index >= 15 is 0 Å². The predicted octanol–water partition coefficient (Wildman–Crippen LogP) is -1.22. The van der Waals surface area contributed by atoms with Gasteiger partial charge in [0.05, 0.1) is 6.20 Å². The van der Waals surface area contributed by atoms with Crippen LogP contribution < -0.4 is 0 Å². The second kappa shape index (κ2) is 3.42. The second-order valence-electron chi connectivity index (χ2n) is 2.89. The average molecular weight is 253 g/mol. The molecular formula is C6H7NO6S2. The maximum atomic E-state index is 11.4. The van der Waals surface area contributed by atoms with Gasteiger partial charge >= 0.3 is 5.97 Å². The molecule has 0 amide bonds. The minimum atomic E-state index is -4.23. The number of hydrogen-bond donors (Lipinski definition) is 1. The van der Waals surface area contributed by atoms with Gasteiger partial charge in [0.1, 0.15) is 5.75 Å². The number of carboxylic acid groups (broad SMARTS) is 1. The Morgan fingerprint density at radius 2 is 2.07 bits per heavy atom. The normalized spacial score (nSPS) is 19.5. The summed E-state index contributed by atoms with van der Waals surface area (Å²) in [4.78, 5) is 12.8. The minimum Gasteiger partial charge on any atom is -0.477 e. The van der Waals surface area contributed by atoms with E-state index in [1.54, 1.807) is 0 Å². The van der Waals surface area contributed by atoms with Gasteiger partial charge in [-0.1, -0.05) is 0 Å². The lowest BCUT2D eigenvalue weighted by Gasteiger charge is -2.00. The van der Waals surface area contributed by atoms with Gasteiger partial charge in [0, 0.05) is 6.26 Å². The number of hydrogen-bond acceptors (Lipinski definition) is 6. The van der Waals surface area contributed by atoms with E-state index in [9.17, 15) is 21.6 Å². The van der Waals surface area contributed by atoms with Gasteiger partial charge in [-0.25, -0.2) is 26.6 Å². The molecule has 7 nitrogen and oxygen atoms in total. The Balaban J connectivity index is 3.11. The lowest BCUT2D eigenvalue weighted by molar-refractivity contribution is -0.131. The molecule has 0 atom stereocenters. The fourth-order valence-corrected chi connectivity index (χ4v) is 3.56. The van der Waals surface area contributed by atoms with Crippen LogP contribution in [0.5, 0.6) is 0 Å². The summed E-state index contributed by atoms with van der Waals surface area (Å²) in [5.41, 5.74) is 0. The van der Waals surface area contributed by atoms with Crippen molar-refractivity contribution in [1.29, 1.82) is 0 Å². The van der Waals surface area contributed by atoms with Crippen molar-refractivity contribution in [3.63, 3.8) is 0 Å². The van der Waals surface area contributed by atoms with Crippen LogP contribution in [0, 0.1) is 0 Å². The van der Waals surface area contributed by atoms with Crippen molar-refractivity contribution in [3.05, 3.63) is 11.1 Å². The van der Waals surface area contributed by atoms with Crippen LogP contribution in [0.25, 0.3) is 0 Å². The van der Waals surface area contributed by atoms with Gasteiger partial charge in [-0.3, -0.25) is 0 Å². The van der Waals surface area contributed by atoms with Crippen molar-refractivity contribution < 1.29 is 26.7 Å². The maximum Gasteiger partial charge on any atom is 0.349 e. The third kappa shape index (κ3) is 2.42. The average Bonchev–Trinajstić information content (AvgIpc) is 2.24. The molecule has 1 aliphatic heterocycles. The molecule has 0 unspecified atom stereocenters. The molecular weight excluding hydrogens is 246 g/mol. The van der Waals surface area contributed by atoms with E-state index in [0.717, 1.165) is 6.26 Å². The lowest BCUT2D eigenvalue weighted by Crippen LogP contribution is -2.24. The first kappa shape index (κ1) is 11.9. The van der Waals surface area contributed by atoms with Crippen LogP contribution in [0.15, 0.2) is 16.1 Å². The first-order valence-corrected chi connectivity index (χ1v) is 7.12. The van der Waals surface area contributed by atoms with E-state index in [2.05, 4.69) is 4.99 Å². The smallest absolute Gasteiger partial charge is 0.349 e. The first-order chi connectivity index (χ1) is 6.64. The maximum absolute atomic E-state index is 11.4. The standard InChI is InChI=1S/C6H7NO6S2/c1-14(10,11)3-5-7-2-4(6(8)9)15(5,12)13/h2H,3H2,1H3,(H,8,9). The number of carbonyl (C=O) groups is 1. The van der Waals surface area contributed by atoms with Gasteiger partial charge in [0.2, 0.25) is 9.84 Å². The molecule has 84 valence electrons. The SMILES string of the molecule is CS(=O)(=O)CC1=NC=C(C(=O)O)S1(=O)=O. The monoisotopic (exact) mass is 253 g/mol. The van der Waals surface area contributed by atoms with Gasteiger partial charge in [-0.2, -0.15) is 0 Å². The summed E-state index contributed by atoms with van der Waals surface area (Å²) in [7, 11) is -7.79. The molecule has 1 N–H and O–H groups in total. The van der Waals surface area contributed by atoms with Gasteiger partial charge in [-0.05, 0) is 0 Å². The van der Waals surface area contributed by atoms with Crippen LogP contribution in [0.3, 0.4) is 0 Å². The van der Waals surface area contributed by atoms with Crippen LogP contribution in [0.2, 0.25) is 0 Å². The van der Waals surface area contributed by atoms with Crippen LogP contribution in [0.4, 0.5) is 0 Å². The first-order valence-electron chi connectivity index (χ1n) is 3.57. The van der Waals surface area contributed by atoms with Crippen molar-refractivity contribution >= 4 is 30.7 Å². The summed E-state index contributed by atoms with van der Waals surface area (Å²) in [6, 6.07) is 0. The van der Waals surface area contributed by atoms with E-state index in [1.165, 1.54) is 0 Å². The van der Waals surface area contributed by atoms with Gasteiger partial charge in [-0.15, -0.1) is 0 Å². The summed E-state index contributed by atoms with van der Waals surface area (Å²) in [6.45, 7) is 0. The predicted molar refractivity (Wildman–Crippen MR) is 51.8 cm³/mol. The Hall–Kier alpha value is -1.22. The highest BCUT2D eigenvalue weighted by molar-refractivity contribution is 8.12. The van der Waals surface area contributed by atoms with Gasteiger partial charge in [0.25, 0.3) is 0 Å². The number of nitrogens with zero attached hydrogens (tertiary/aromatic N) is 1. The lowest BCUT2D eigenvalue weighted by atomic mass is 10.6. The Morgan fingerprint density at radius 3 is 2.40 bits per heavy atom. The number of rotatable bonds is 3. The molecule has 1 rings (SSSR count). The third-order valence-electron chi connectivity index (χ3n) is 1.52. The minimum absolute atomic E-state index is 0.637.